The van der Waals surface area contributed by atoms with Crippen LogP contribution in [0.2, 0.25) is 0 Å². The van der Waals surface area contributed by atoms with Crippen LogP contribution in [0, 0.1) is 0 Å². The first-order valence-electron chi connectivity index (χ1n) is 8.06. The van der Waals surface area contributed by atoms with Gasteiger partial charge in [-0.05, 0) is 12.1 Å². The van der Waals surface area contributed by atoms with Crippen LogP contribution in [0.1, 0.15) is 0 Å². The summed E-state index contributed by atoms with van der Waals surface area (Å²) in [6.45, 7) is 4.18. The monoisotopic (exact) mass is 354 g/mol. The van der Waals surface area contributed by atoms with E-state index in [2.05, 4.69) is 10.5 Å². The van der Waals surface area contributed by atoms with E-state index < -0.39 is 7.44 Å². The number of para-hydroxylation sites is 1. The lowest BCUT2D eigenvalue weighted by molar-refractivity contribution is 0.0538. The summed E-state index contributed by atoms with van der Waals surface area (Å²) in [5.41, 5.74) is 2.82. The summed E-state index contributed by atoms with van der Waals surface area (Å²) in [6.07, 6.45) is 0. The van der Waals surface area contributed by atoms with Crippen molar-refractivity contribution in [3.63, 3.8) is 0 Å². The maximum atomic E-state index is 14.0. The first-order chi connectivity index (χ1) is 11.7. The molecule has 1 aromatic carbocycles. The van der Waals surface area contributed by atoms with E-state index in [-0.39, 0.29) is 5.58 Å². The van der Waals surface area contributed by atoms with Gasteiger partial charge in [-0.2, -0.15) is 0 Å². The lowest BCUT2D eigenvalue weighted by Crippen LogP contribution is -2.47. The number of nitrogens with zero attached hydrogens (tertiary/aromatic N) is 3. The predicted octanol–water partition coefficient (Wildman–Crippen LogP) is 1.51. The standard InChI is InChI=1S/C15H23N4O4P/c20-17-15(16-14-4-2-1-3-5-14)24(21,18-6-10-22-11-7-18)19-8-12-23-13-9-19/h1-5,20H,6-13H2,(H,16,17). The summed E-state index contributed by atoms with van der Waals surface area (Å²) in [7, 11) is -3.25. The van der Waals surface area contributed by atoms with Gasteiger partial charge in [-0.3, -0.25) is 9.77 Å². The summed E-state index contributed by atoms with van der Waals surface area (Å²) in [6, 6.07) is 9.19. The maximum absolute atomic E-state index is 14.0. The van der Waals surface area contributed by atoms with Gasteiger partial charge in [0, 0.05) is 26.2 Å². The zero-order chi connectivity index (χ0) is 16.8. The summed E-state index contributed by atoms with van der Waals surface area (Å²) in [5.74, 6) is 0. The van der Waals surface area contributed by atoms with Gasteiger partial charge in [-0.15, -0.1) is 0 Å². The largest absolute Gasteiger partial charge is 0.379 e. The lowest BCUT2D eigenvalue weighted by atomic mass is 10.3. The van der Waals surface area contributed by atoms with Crippen LogP contribution in [0.15, 0.2) is 35.3 Å². The molecule has 2 saturated heterocycles. The van der Waals surface area contributed by atoms with E-state index in [1.54, 1.807) is 12.1 Å². The molecular formula is C15H23N4O4P. The Labute approximate surface area is 141 Å². The number of benzene rings is 1. The molecule has 2 aliphatic rings. The quantitative estimate of drug-likeness (QED) is 0.367. The minimum absolute atomic E-state index is 0.0810. The second-order valence-electron chi connectivity index (χ2n) is 5.56. The molecule has 2 heterocycles. The molecule has 2 N–H and O–H groups in total. The van der Waals surface area contributed by atoms with Crippen molar-refractivity contribution in [2.24, 2.45) is 4.99 Å². The Kier molecular flexibility index (Phi) is 5.99. The van der Waals surface area contributed by atoms with Crippen LogP contribution >= 0.6 is 7.44 Å². The molecule has 0 amide bonds. The van der Waals surface area contributed by atoms with Crippen molar-refractivity contribution in [1.29, 1.82) is 0 Å². The molecule has 24 heavy (non-hydrogen) atoms. The SMILES string of the molecule is O=P(C(=Nc1ccccc1)NO)(N1CCOCC1)N1CCOCC1. The fraction of sp³-hybridized carbons (Fsp3) is 0.533. The number of hydrogen-bond acceptors (Lipinski definition) is 5. The van der Waals surface area contributed by atoms with Gasteiger partial charge < -0.3 is 9.47 Å². The highest BCUT2D eigenvalue weighted by atomic mass is 31.2. The van der Waals surface area contributed by atoms with Crippen molar-refractivity contribution in [2.75, 3.05) is 52.6 Å². The Morgan fingerprint density at radius 1 is 1.00 bits per heavy atom. The smallest absolute Gasteiger partial charge is 0.282 e. The molecule has 0 atom stereocenters. The van der Waals surface area contributed by atoms with E-state index in [0.717, 1.165) is 0 Å². The Hall–Kier alpha value is -1.28. The van der Waals surface area contributed by atoms with Crippen LogP contribution in [0.4, 0.5) is 5.69 Å². The highest BCUT2D eigenvalue weighted by Gasteiger charge is 2.43. The van der Waals surface area contributed by atoms with Gasteiger partial charge in [0.25, 0.3) is 7.44 Å². The van der Waals surface area contributed by atoms with Crippen molar-refractivity contribution in [2.45, 2.75) is 0 Å². The molecule has 2 aliphatic heterocycles. The number of nitrogens with one attached hydrogen (secondary N) is 1. The minimum Gasteiger partial charge on any atom is -0.379 e. The lowest BCUT2D eigenvalue weighted by Gasteiger charge is -2.41. The van der Waals surface area contributed by atoms with Crippen LogP contribution in [-0.2, 0) is 14.0 Å². The van der Waals surface area contributed by atoms with Crippen molar-refractivity contribution in [3.05, 3.63) is 30.3 Å². The van der Waals surface area contributed by atoms with Gasteiger partial charge in [0.15, 0.2) is 0 Å². The number of rotatable bonds is 4. The van der Waals surface area contributed by atoms with E-state index in [0.29, 0.717) is 58.3 Å². The first-order valence-corrected chi connectivity index (χ1v) is 9.67. The third-order valence-corrected chi connectivity index (χ3v) is 7.19. The Morgan fingerprint density at radius 2 is 1.50 bits per heavy atom. The third-order valence-electron chi connectivity index (χ3n) is 4.11. The molecule has 9 heteroatoms. The number of aliphatic imine (C=N–C) groups is 1. The second kappa shape index (κ2) is 8.20. The van der Waals surface area contributed by atoms with Crippen LogP contribution in [-0.4, -0.2) is 72.7 Å². The van der Waals surface area contributed by atoms with Gasteiger partial charge in [-0.1, -0.05) is 18.2 Å². The van der Waals surface area contributed by atoms with Gasteiger partial charge >= 0.3 is 0 Å². The van der Waals surface area contributed by atoms with Crippen molar-refractivity contribution in [1.82, 2.24) is 14.8 Å². The molecule has 0 aliphatic carbocycles. The van der Waals surface area contributed by atoms with Crippen LogP contribution in [0.3, 0.4) is 0 Å². The zero-order valence-electron chi connectivity index (χ0n) is 13.5. The highest BCUT2D eigenvalue weighted by Crippen LogP contribution is 2.54. The number of ether oxygens (including phenoxy) is 2. The number of hydrogen-bond donors (Lipinski definition) is 2. The van der Waals surface area contributed by atoms with Gasteiger partial charge in [0.2, 0.25) is 5.58 Å². The average Bonchev–Trinajstić information content (AvgIpc) is 2.67. The minimum atomic E-state index is -3.25. The number of hydroxylamine groups is 1. The summed E-state index contributed by atoms with van der Waals surface area (Å²) < 4.78 is 28.6. The van der Waals surface area contributed by atoms with E-state index in [1.165, 1.54) is 0 Å². The fourth-order valence-corrected chi connectivity index (χ4v) is 5.56. The molecule has 0 saturated carbocycles. The molecule has 132 valence electrons. The Balaban J connectivity index is 1.98. The second-order valence-corrected chi connectivity index (χ2v) is 8.20. The number of amidine groups is 1. The summed E-state index contributed by atoms with van der Waals surface area (Å²) in [5, 5.41) is 9.72. The van der Waals surface area contributed by atoms with E-state index in [4.69, 9.17) is 9.47 Å². The van der Waals surface area contributed by atoms with Crippen molar-refractivity contribution >= 4 is 18.7 Å². The van der Waals surface area contributed by atoms with E-state index in [9.17, 15) is 9.77 Å². The average molecular weight is 354 g/mol. The summed E-state index contributed by atoms with van der Waals surface area (Å²) >= 11 is 0. The molecule has 0 unspecified atom stereocenters. The molecule has 8 nitrogen and oxygen atoms in total. The number of morpholine rings is 2. The molecule has 0 radical (unpaired) electrons. The molecule has 1 aromatic rings. The third kappa shape index (κ3) is 3.69. The van der Waals surface area contributed by atoms with Crippen molar-refractivity contribution in [3.8, 4) is 0 Å². The molecule has 0 aromatic heterocycles. The zero-order valence-corrected chi connectivity index (χ0v) is 14.4. The van der Waals surface area contributed by atoms with E-state index >= 15 is 0 Å². The Morgan fingerprint density at radius 3 is 1.96 bits per heavy atom. The maximum Gasteiger partial charge on any atom is 0.282 e. The molecule has 0 spiro atoms. The normalized spacial score (nSPS) is 21.6. The van der Waals surface area contributed by atoms with Crippen LogP contribution in [0.25, 0.3) is 0 Å². The molecule has 0 bridgehead atoms. The van der Waals surface area contributed by atoms with E-state index in [1.807, 2.05) is 27.5 Å². The Bertz CT molecular complexity index is 579. The first kappa shape index (κ1) is 17.5. The fourth-order valence-electron chi connectivity index (χ4n) is 2.88. The van der Waals surface area contributed by atoms with Gasteiger partial charge in [0.05, 0.1) is 32.1 Å². The molecular weight excluding hydrogens is 331 g/mol. The van der Waals surface area contributed by atoms with Gasteiger partial charge in [-0.25, -0.2) is 19.8 Å². The predicted molar refractivity (Wildman–Crippen MR) is 90.8 cm³/mol. The van der Waals surface area contributed by atoms with Gasteiger partial charge in [0.1, 0.15) is 0 Å². The molecule has 3 rings (SSSR count). The highest BCUT2D eigenvalue weighted by molar-refractivity contribution is 7.76. The van der Waals surface area contributed by atoms with Crippen LogP contribution in [0.5, 0.6) is 0 Å². The van der Waals surface area contributed by atoms with Crippen molar-refractivity contribution < 1.29 is 19.2 Å². The summed E-state index contributed by atoms with van der Waals surface area (Å²) in [4.78, 5) is 4.43. The van der Waals surface area contributed by atoms with Crippen LogP contribution < -0.4 is 5.48 Å². The topological polar surface area (TPSA) is 86.6 Å². The molecule has 2 fully saturated rings.